The Balaban J connectivity index is 2.58. The van der Waals surface area contributed by atoms with Crippen molar-refractivity contribution in [3.05, 3.63) is 29.8 Å². The Hall–Kier alpha value is -1.75. The van der Waals surface area contributed by atoms with Crippen LogP contribution in [0.2, 0.25) is 0 Å². The number of nitrogens with one attached hydrogen (secondary N) is 2. The van der Waals surface area contributed by atoms with Gasteiger partial charge in [0.1, 0.15) is 5.75 Å². The fourth-order valence-electron chi connectivity index (χ4n) is 1.83. The maximum Gasteiger partial charge on any atom is 0.191 e. The number of ether oxygens (including phenoxy) is 2. The van der Waals surface area contributed by atoms with Crippen molar-refractivity contribution in [1.29, 1.82) is 0 Å². The van der Waals surface area contributed by atoms with Gasteiger partial charge in [0.2, 0.25) is 0 Å². The van der Waals surface area contributed by atoms with Gasteiger partial charge < -0.3 is 20.1 Å². The summed E-state index contributed by atoms with van der Waals surface area (Å²) >= 11 is 0. The molecule has 0 bridgehead atoms. The molecule has 0 radical (unpaired) electrons. The Labute approximate surface area is 146 Å². The van der Waals surface area contributed by atoms with Crippen molar-refractivity contribution in [2.45, 2.75) is 46.8 Å². The van der Waals surface area contributed by atoms with E-state index in [-0.39, 0.29) is 5.60 Å². The lowest BCUT2D eigenvalue weighted by molar-refractivity contribution is 0.0268. The lowest BCUT2D eigenvalue weighted by atomic mass is 10.1. The van der Waals surface area contributed by atoms with Crippen molar-refractivity contribution in [3.8, 4) is 5.75 Å². The molecule has 5 nitrogen and oxygen atoms in total. The molecule has 0 aliphatic rings. The quantitative estimate of drug-likeness (QED) is 0.537. The molecular weight excluding hydrogens is 302 g/mol. The van der Waals surface area contributed by atoms with Crippen LogP contribution in [0.25, 0.3) is 0 Å². The first kappa shape index (κ1) is 20.3. The van der Waals surface area contributed by atoms with E-state index in [0.29, 0.717) is 19.0 Å². The summed E-state index contributed by atoms with van der Waals surface area (Å²) in [5, 5.41) is 6.57. The molecule has 2 N–H and O–H groups in total. The van der Waals surface area contributed by atoms with E-state index in [1.807, 2.05) is 26.0 Å². The summed E-state index contributed by atoms with van der Waals surface area (Å²) in [5.41, 5.74) is 0.918. The molecule has 0 atom stereocenters. The van der Waals surface area contributed by atoms with Gasteiger partial charge in [-0.25, -0.2) is 4.99 Å². The third-order valence-electron chi connectivity index (χ3n) is 3.50. The van der Waals surface area contributed by atoms with Crippen molar-refractivity contribution in [2.24, 2.45) is 10.9 Å². The predicted molar refractivity (Wildman–Crippen MR) is 101 cm³/mol. The summed E-state index contributed by atoms with van der Waals surface area (Å²) in [6.07, 6.45) is 0. The summed E-state index contributed by atoms with van der Waals surface area (Å²) < 4.78 is 11.1. The predicted octanol–water partition coefficient (Wildman–Crippen LogP) is 3.20. The zero-order chi connectivity index (χ0) is 18.0. The second-order valence-electron chi connectivity index (χ2n) is 6.86. The van der Waals surface area contributed by atoms with E-state index in [1.165, 1.54) is 0 Å². The molecule has 24 heavy (non-hydrogen) atoms. The van der Waals surface area contributed by atoms with Crippen molar-refractivity contribution >= 4 is 5.96 Å². The van der Waals surface area contributed by atoms with Crippen LogP contribution >= 0.6 is 0 Å². The number of aliphatic imine (C=N–C) groups is 1. The number of methoxy groups -OCH3 is 1. The molecule has 0 unspecified atom stereocenters. The second-order valence-corrected chi connectivity index (χ2v) is 6.86. The van der Waals surface area contributed by atoms with E-state index < -0.39 is 0 Å². The summed E-state index contributed by atoms with van der Waals surface area (Å²) in [7, 11) is 1.72. The van der Waals surface area contributed by atoms with Crippen LogP contribution in [0.5, 0.6) is 5.75 Å². The standard InChI is InChI=1S/C19H33N3O2/c1-7-20-18(22-14-19(4,5)23-6)21-12-16-8-10-17(11-9-16)24-13-15(2)3/h8-11,15H,7,12-14H2,1-6H3,(H2,20,21,22). The van der Waals surface area contributed by atoms with Crippen LogP contribution in [0.3, 0.4) is 0 Å². The first-order valence-corrected chi connectivity index (χ1v) is 8.65. The van der Waals surface area contributed by atoms with Gasteiger partial charge in [-0.05, 0) is 44.4 Å². The van der Waals surface area contributed by atoms with Crippen LogP contribution in [0.1, 0.15) is 40.2 Å². The molecule has 1 aromatic rings. The van der Waals surface area contributed by atoms with Crippen molar-refractivity contribution in [3.63, 3.8) is 0 Å². The Morgan fingerprint density at radius 2 is 1.83 bits per heavy atom. The van der Waals surface area contributed by atoms with Gasteiger partial charge in [-0.2, -0.15) is 0 Å². The number of nitrogens with zero attached hydrogens (tertiary/aromatic N) is 1. The molecule has 0 saturated carbocycles. The van der Waals surface area contributed by atoms with E-state index >= 15 is 0 Å². The monoisotopic (exact) mass is 335 g/mol. The van der Waals surface area contributed by atoms with Crippen LogP contribution in [0.4, 0.5) is 0 Å². The summed E-state index contributed by atoms with van der Waals surface area (Å²) in [5.74, 6) is 2.23. The maximum atomic E-state index is 5.70. The van der Waals surface area contributed by atoms with E-state index in [4.69, 9.17) is 9.47 Å². The van der Waals surface area contributed by atoms with Crippen LogP contribution in [-0.4, -0.2) is 38.4 Å². The highest BCUT2D eigenvalue weighted by molar-refractivity contribution is 5.79. The molecule has 0 aliphatic carbocycles. The molecule has 0 saturated heterocycles. The number of rotatable bonds is 9. The average Bonchev–Trinajstić information content (AvgIpc) is 2.56. The van der Waals surface area contributed by atoms with E-state index in [9.17, 15) is 0 Å². The highest BCUT2D eigenvalue weighted by Crippen LogP contribution is 2.14. The molecule has 0 amide bonds. The number of hydrogen-bond acceptors (Lipinski definition) is 3. The van der Waals surface area contributed by atoms with Crippen molar-refractivity contribution in [1.82, 2.24) is 10.6 Å². The first-order chi connectivity index (χ1) is 11.4. The van der Waals surface area contributed by atoms with E-state index in [1.54, 1.807) is 7.11 Å². The molecule has 0 heterocycles. The van der Waals surface area contributed by atoms with Gasteiger partial charge in [-0.1, -0.05) is 26.0 Å². The molecule has 1 rings (SSSR count). The Bertz CT molecular complexity index is 496. The van der Waals surface area contributed by atoms with Gasteiger partial charge in [0.15, 0.2) is 5.96 Å². The summed E-state index contributed by atoms with van der Waals surface area (Å²) in [4.78, 5) is 4.62. The largest absolute Gasteiger partial charge is 0.493 e. The summed E-state index contributed by atoms with van der Waals surface area (Å²) in [6, 6.07) is 8.12. The van der Waals surface area contributed by atoms with Gasteiger partial charge in [0.25, 0.3) is 0 Å². The van der Waals surface area contributed by atoms with Gasteiger partial charge in [-0.3, -0.25) is 0 Å². The minimum Gasteiger partial charge on any atom is -0.493 e. The fraction of sp³-hybridized carbons (Fsp3) is 0.632. The Kier molecular flexibility index (Phi) is 8.61. The van der Waals surface area contributed by atoms with Gasteiger partial charge >= 0.3 is 0 Å². The smallest absolute Gasteiger partial charge is 0.191 e. The van der Waals surface area contributed by atoms with Crippen molar-refractivity contribution < 1.29 is 9.47 Å². The molecule has 136 valence electrons. The van der Waals surface area contributed by atoms with Gasteiger partial charge in [-0.15, -0.1) is 0 Å². The molecule has 1 aromatic carbocycles. The SMILES string of the molecule is CCNC(=NCc1ccc(OCC(C)C)cc1)NCC(C)(C)OC. The van der Waals surface area contributed by atoms with Gasteiger partial charge in [0.05, 0.1) is 18.8 Å². The Morgan fingerprint density at radius 3 is 2.38 bits per heavy atom. The average molecular weight is 335 g/mol. The van der Waals surface area contributed by atoms with Crippen molar-refractivity contribution in [2.75, 3.05) is 26.8 Å². The lowest BCUT2D eigenvalue weighted by Crippen LogP contribution is -2.45. The molecule has 0 aromatic heterocycles. The Morgan fingerprint density at radius 1 is 1.17 bits per heavy atom. The van der Waals surface area contributed by atoms with Gasteiger partial charge in [0, 0.05) is 20.2 Å². The summed E-state index contributed by atoms with van der Waals surface area (Å²) in [6.45, 7) is 13.3. The van der Waals surface area contributed by atoms with Crippen LogP contribution < -0.4 is 15.4 Å². The highest BCUT2D eigenvalue weighted by atomic mass is 16.5. The van der Waals surface area contributed by atoms with E-state index in [2.05, 4.69) is 48.5 Å². The zero-order valence-corrected chi connectivity index (χ0v) is 16.0. The lowest BCUT2D eigenvalue weighted by Gasteiger charge is -2.24. The third-order valence-corrected chi connectivity index (χ3v) is 3.50. The minimum atomic E-state index is -0.231. The van der Waals surface area contributed by atoms with Crippen LogP contribution in [0, 0.1) is 5.92 Å². The molecular formula is C19H33N3O2. The van der Waals surface area contributed by atoms with Crippen LogP contribution in [0.15, 0.2) is 29.3 Å². The maximum absolute atomic E-state index is 5.70. The normalized spacial score (nSPS) is 12.4. The number of hydrogen-bond donors (Lipinski definition) is 2. The van der Waals surface area contributed by atoms with Crippen LogP contribution in [-0.2, 0) is 11.3 Å². The molecule has 5 heteroatoms. The molecule has 0 fully saturated rings. The fourth-order valence-corrected chi connectivity index (χ4v) is 1.83. The minimum absolute atomic E-state index is 0.231. The molecule has 0 spiro atoms. The topological polar surface area (TPSA) is 54.9 Å². The number of guanidine groups is 1. The van der Waals surface area contributed by atoms with E-state index in [0.717, 1.165) is 30.4 Å². The second kappa shape index (κ2) is 10.2. The highest BCUT2D eigenvalue weighted by Gasteiger charge is 2.16. The first-order valence-electron chi connectivity index (χ1n) is 8.65. The zero-order valence-electron chi connectivity index (χ0n) is 16.0. The third kappa shape index (κ3) is 8.20. The number of benzene rings is 1. The molecule has 0 aliphatic heterocycles.